The van der Waals surface area contributed by atoms with E-state index in [-0.39, 0.29) is 23.9 Å². The van der Waals surface area contributed by atoms with Crippen LogP contribution in [0.1, 0.15) is 23.2 Å². The topological polar surface area (TPSA) is 84.1 Å². The fourth-order valence-corrected chi connectivity index (χ4v) is 5.10. The highest BCUT2D eigenvalue weighted by atomic mass is 32.2. The molecule has 1 atom stereocenters. The first kappa shape index (κ1) is 16.5. The van der Waals surface area contributed by atoms with Gasteiger partial charge in [0.2, 0.25) is 5.91 Å². The minimum absolute atomic E-state index is 0.0660. The molecule has 0 unspecified atom stereocenters. The van der Waals surface area contributed by atoms with Crippen LogP contribution < -0.4 is 10.9 Å². The highest BCUT2D eigenvalue weighted by Gasteiger charge is 2.20. The molecular formula is C15H19N3O3S2. The van der Waals surface area contributed by atoms with Crippen molar-refractivity contribution in [3.05, 3.63) is 26.6 Å². The van der Waals surface area contributed by atoms with E-state index in [1.165, 1.54) is 4.88 Å². The van der Waals surface area contributed by atoms with Crippen molar-refractivity contribution < 1.29 is 9.53 Å². The summed E-state index contributed by atoms with van der Waals surface area (Å²) in [5.41, 5.74) is 1.01. The Balaban J connectivity index is 1.83. The largest absolute Gasteiger partial charge is 0.383 e. The first-order valence-electron chi connectivity index (χ1n) is 7.48. The zero-order valence-electron chi connectivity index (χ0n) is 13.1. The Hall–Kier alpha value is -1.38. The number of nitrogens with one attached hydrogen (secondary N) is 2. The first-order chi connectivity index (χ1) is 11.1. The molecule has 1 aliphatic heterocycles. The summed E-state index contributed by atoms with van der Waals surface area (Å²) >= 11 is 3.45. The van der Waals surface area contributed by atoms with E-state index in [4.69, 9.17) is 4.74 Å². The van der Waals surface area contributed by atoms with Crippen LogP contribution in [0.3, 0.4) is 0 Å². The Bertz CT molecular complexity index is 784. The maximum atomic E-state index is 12.4. The molecule has 8 heteroatoms. The van der Waals surface area contributed by atoms with Crippen LogP contribution in [-0.4, -0.2) is 41.4 Å². The van der Waals surface area contributed by atoms with Crippen LogP contribution in [0.25, 0.3) is 10.2 Å². The van der Waals surface area contributed by atoms with Gasteiger partial charge in [0.05, 0.1) is 18.4 Å². The van der Waals surface area contributed by atoms with Gasteiger partial charge in [-0.1, -0.05) is 0 Å². The molecule has 0 spiro atoms. The molecule has 2 N–H and O–H groups in total. The van der Waals surface area contributed by atoms with E-state index in [9.17, 15) is 9.59 Å². The summed E-state index contributed by atoms with van der Waals surface area (Å²) in [7, 11) is 1.59. The lowest BCUT2D eigenvalue weighted by Gasteiger charge is -2.12. The molecule has 124 valence electrons. The Kier molecular flexibility index (Phi) is 5.03. The number of thioether (sulfide) groups is 1. The van der Waals surface area contributed by atoms with Crippen molar-refractivity contribution in [2.24, 2.45) is 0 Å². The highest BCUT2D eigenvalue weighted by Crippen LogP contribution is 2.35. The van der Waals surface area contributed by atoms with E-state index < -0.39 is 0 Å². The number of amides is 1. The molecular weight excluding hydrogens is 334 g/mol. The minimum atomic E-state index is -0.172. The molecule has 0 radical (unpaired) electrons. The number of aromatic nitrogens is 2. The van der Waals surface area contributed by atoms with Gasteiger partial charge in [0.15, 0.2) is 0 Å². The van der Waals surface area contributed by atoms with Crippen LogP contribution in [0.2, 0.25) is 0 Å². The summed E-state index contributed by atoms with van der Waals surface area (Å²) in [4.78, 5) is 33.6. The number of carbonyl (C=O) groups is 1. The third-order valence-corrected chi connectivity index (χ3v) is 5.97. The summed E-state index contributed by atoms with van der Waals surface area (Å²) in [6.45, 7) is 2.32. The summed E-state index contributed by atoms with van der Waals surface area (Å²) < 4.78 is 4.99. The van der Waals surface area contributed by atoms with Crippen LogP contribution in [0, 0.1) is 0 Å². The van der Waals surface area contributed by atoms with Gasteiger partial charge >= 0.3 is 0 Å². The summed E-state index contributed by atoms with van der Waals surface area (Å²) in [5, 5.41) is 3.53. The smallest absolute Gasteiger partial charge is 0.259 e. The average Bonchev–Trinajstić information content (AvgIpc) is 2.85. The van der Waals surface area contributed by atoms with Crippen LogP contribution in [-0.2, 0) is 28.1 Å². The van der Waals surface area contributed by atoms with Crippen LogP contribution in [0.5, 0.6) is 0 Å². The number of rotatable bonds is 5. The normalized spacial score (nSPS) is 15.4. The number of methoxy groups -OCH3 is 1. The molecule has 2 aromatic rings. The van der Waals surface area contributed by atoms with Gasteiger partial charge in [0.25, 0.3) is 5.56 Å². The fraction of sp³-hybridized carbons (Fsp3) is 0.533. The number of aromatic amines is 1. The molecule has 0 bridgehead atoms. The maximum Gasteiger partial charge on any atom is 0.259 e. The second kappa shape index (κ2) is 7.02. The number of ether oxygens (including phenoxy) is 1. The zero-order valence-corrected chi connectivity index (χ0v) is 14.7. The number of nitrogens with zero attached hydrogens (tertiary/aromatic N) is 1. The molecule has 0 aliphatic carbocycles. The van der Waals surface area contributed by atoms with E-state index in [0.717, 1.165) is 28.3 Å². The van der Waals surface area contributed by atoms with E-state index in [1.54, 1.807) is 18.4 Å². The van der Waals surface area contributed by atoms with Gasteiger partial charge in [0, 0.05) is 23.8 Å². The molecule has 6 nitrogen and oxygen atoms in total. The van der Waals surface area contributed by atoms with Gasteiger partial charge in [-0.2, -0.15) is 11.8 Å². The van der Waals surface area contributed by atoms with Crippen molar-refractivity contribution in [3.63, 3.8) is 0 Å². The van der Waals surface area contributed by atoms with Gasteiger partial charge < -0.3 is 15.0 Å². The van der Waals surface area contributed by atoms with Crippen molar-refractivity contribution >= 4 is 39.2 Å². The molecule has 3 heterocycles. The third-order valence-electron chi connectivity index (χ3n) is 3.68. The van der Waals surface area contributed by atoms with Gasteiger partial charge in [0.1, 0.15) is 10.7 Å². The summed E-state index contributed by atoms with van der Waals surface area (Å²) in [6.07, 6.45) is 0.982. The number of hydrogen-bond donors (Lipinski definition) is 2. The summed E-state index contributed by atoms with van der Waals surface area (Å²) in [6, 6.07) is -0.0750. The SMILES string of the molecule is COC[C@@H](C)NC(=O)Cc1nc2sc3c(c2c(=O)[nH]1)CCSC3. The lowest BCUT2D eigenvalue weighted by Crippen LogP contribution is -2.37. The average molecular weight is 353 g/mol. The molecule has 0 aromatic carbocycles. The van der Waals surface area contributed by atoms with E-state index in [2.05, 4.69) is 15.3 Å². The molecule has 3 rings (SSSR count). The maximum absolute atomic E-state index is 12.4. The highest BCUT2D eigenvalue weighted by molar-refractivity contribution is 7.98. The molecule has 23 heavy (non-hydrogen) atoms. The predicted octanol–water partition coefficient (Wildman–Crippen LogP) is 1.47. The second-order valence-corrected chi connectivity index (χ2v) is 7.79. The Labute approximate surface area is 142 Å². The van der Waals surface area contributed by atoms with Crippen molar-refractivity contribution in [2.45, 2.75) is 31.6 Å². The molecule has 0 saturated heterocycles. The van der Waals surface area contributed by atoms with Crippen molar-refractivity contribution in [2.75, 3.05) is 19.5 Å². The fourth-order valence-electron chi connectivity index (χ4n) is 2.73. The molecule has 2 aromatic heterocycles. The van der Waals surface area contributed by atoms with Crippen LogP contribution in [0.15, 0.2) is 4.79 Å². The van der Waals surface area contributed by atoms with Gasteiger partial charge in [-0.3, -0.25) is 9.59 Å². The number of H-pyrrole nitrogens is 1. The van der Waals surface area contributed by atoms with Crippen molar-refractivity contribution in [1.82, 2.24) is 15.3 Å². The van der Waals surface area contributed by atoms with E-state index in [1.807, 2.05) is 18.7 Å². The minimum Gasteiger partial charge on any atom is -0.383 e. The monoisotopic (exact) mass is 353 g/mol. The second-order valence-electron chi connectivity index (χ2n) is 5.60. The van der Waals surface area contributed by atoms with E-state index >= 15 is 0 Å². The lowest BCUT2D eigenvalue weighted by molar-refractivity contribution is -0.121. The quantitative estimate of drug-likeness (QED) is 0.850. The first-order valence-corrected chi connectivity index (χ1v) is 9.45. The Morgan fingerprint density at radius 3 is 3.13 bits per heavy atom. The number of carbonyl (C=O) groups excluding carboxylic acids is 1. The standard InChI is InChI=1S/C15H19N3O3S2/c1-8(6-21-2)16-12(19)5-11-17-14(20)13-9-3-4-22-7-10(9)23-15(13)18-11/h8H,3-7H2,1-2H3,(H,16,19)(H,17,18,20)/t8-/m1/s1. The summed E-state index contributed by atoms with van der Waals surface area (Å²) in [5.74, 6) is 2.23. The van der Waals surface area contributed by atoms with Gasteiger partial charge in [-0.15, -0.1) is 11.3 Å². The van der Waals surface area contributed by atoms with Crippen molar-refractivity contribution in [3.8, 4) is 0 Å². The number of thiophene rings is 1. The number of fused-ring (bicyclic) bond motifs is 3. The number of hydrogen-bond acceptors (Lipinski definition) is 6. The van der Waals surface area contributed by atoms with Gasteiger partial charge in [-0.05, 0) is 24.7 Å². The Morgan fingerprint density at radius 1 is 1.52 bits per heavy atom. The Morgan fingerprint density at radius 2 is 2.35 bits per heavy atom. The molecule has 0 fully saturated rings. The van der Waals surface area contributed by atoms with Crippen LogP contribution >= 0.6 is 23.1 Å². The molecule has 1 aliphatic rings. The van der Waals surface area contributed by atoms with Crippen LogP contribution in [0.4, 0.5) is 0 Å². The van der Waals surface area contributed by atoms with E-state index in [0.29, 0.717) is 17.8 Å². The molecule has 1 amide bonds. The van der Waals surface area contributed by atoms with Crippen molar-refractivity contribution in [1.29, 1.82) is 0 Å². The predicted molar refractivity (Wildman–Crippen MR) is 93.3 cm³/mol. The lowest BCUT2D eigenvalue weighted by atomic mass is 10.1. The van der Waals surface area contributed by atoms with Gasteiger partial charge in [-0.25, -0.2) is 4.98 Å². The third kappa shape index (κ3) is 3.59. The number of aryl methyl sites for hydroxylation is 1. The molecule has 0 saturated carbocycles. The zero-order chi connectivity index (χ0) is 16.4.